The van der Waals surface area contributed by atoms with Gasteiger partial charge in [0.05, 0.1) is 18.5 Å². The molecule has 0 unspecified atom stereocenters. The van der Waals surface area contributed by atoms with Crippen molar-refractivity contribution in [2.75, 3.05) is 7.11 Å². The van der Waals surface area contributed by atoms with E-state index in [1.807, 2.05) is 13.8 Å². The number of para-hydroxylation sites is 1. The second-order valence-electron chi connectivity index (χ2n) is 7.79. The number of sulfonamides is 1. The van der Waals surface area contributed by atoms with Crippen LogP contribution in [0.5, 0.6) is 11.5 Å². The molecule has 0 spiro atoms. The van der Waals surface area contributed by atoms with Crippen molar-refractivity contribution in [2.45, 2.75) is 36.7 Å². The summed E-state index contributed by atoms with van der Waals surface area (Å²) in [5.74, 6) is -0.398. The van der Waals surface area contributed by atoms with Gasteiger partial charge in [0.15, 0.2) is 0 Å². The van der Waals surface area contributed by atoms with Crippen molar-refractivity contribution < 1.29 is 22.7 Å². The molecule has 3 aromatic rings. The Balaban J connectivity index is 1.74. The van der Waals surface area contributed by atoms with Crippen LogP contribution in [0, 0.1) is 0 Å². The van der Waals surface area contributed by atoms with Crippen LogP contribution >= 0.6 is 0 Å². The highest BCUT2D eigenvalue weighted by Crippen LogP contribution is 2.45. The zero-order chi connectivity index (χ0) is 21.5. The van der Waals surface area contributed by atoms with Crippen LogP contribution in [0.25, 0.3) is 10.9 Å². The van der Waals surface area contributed by atoms with Gasteiger partial charge in [-0.15, -0.1) is 0 Å². The molecule has 1 amide bonds. The normalized spacial score (nSPS) is 17.6. The zero-order valence-electron chi connectivity index (χ0n) is 16.9. The first-order valence-electron chi connectivity index (χ1n) is 9.48. The number of nitrogens with one attached hydrogen (secondary N) is 1. The first-order chi connectivity index (χ1) is 14.2. The Labute approximate surface area is 175 Å². The Hall–Kier alpha value is -3.13. The molecule has 0 fully saturated rings. The van der Waals surface area contributed by atoms with Gasteiger partial charge < -0.3 is 9.47 Å². The predicted octanol–water partition coefficient (Wildman–Crippen LogP) is 3.39. The molecule has 1 aliphatic heterocycles. The summed E-state index contributed by atoms with van der Waals surface area (Å²) in [7, 11) is -2.64. The van der Waals surface area contributed by atoms with Crippen LogP contribution in [-0.2, 0) is 14.8 Å². The van der Waals surface area contributed by atoms with Crippen LogP contribution < -0.4 is 14.2 Å². The fraction of sp³-hybridized carbons (Fsp3) is 0.273. The molecule has 156 valence electrons. The molecule has 7 nitrogen and oxygen atoms in total. The Morgan fingerprint density at radius 3 is 2.67 bits per heavy atom. The molecule has 0 aliphatic carbocycles. The fourth-order valence-corrected chi connectivity index (χ4v) is 5.04. The summed E-state index contributed by atoms with van der Waals surface area (Å²) in [5, 5.41) is 0.673. The molecule has 1 atom stereocenters. The van der Waals surface area contributed by atoms with E-state index >= 15 is 0 Å². The van der Waals surface area contributed by atoms with Gasteiger partial charge in [0.25, 0.3) is 10.0 Å². The fourth-order valence-electron chi connectivity index (χ4n) is 3.84. The summed E-state index contributed by atoms with van der Waals surface area (Å²) in [6.07, 6.45) is 1.82. The van der Waals surface area contributed by atoms with E-state index in [4.69, 9.17) is 9.47 Å². The van der Waals surface area contributed by atoms with Crippen LogP contribution in [0.15, 0.2) is 59.6 Å². The number of carbonyl (C=O) groups is 1. The number of methoxy groups -OCH3 is 1. The lowest BCUT2D eigenvalue weighted by atomic mass is 9.83. The topological polar surface area (TPSA) is 94.6 Å². The Morgan fingerprint density at radius 2 is 1.90 bits per heavy atom. The third-order valence-electron chi connectivity index (χ3n) is 5.11. The zero-order valence-corrected chi connectivity index (χ0v) is 17.7. The SMILES string of the molecule is COc1cccc2c1[C@@H](C(=O)NS(=O)(=O)c1cccc3cccnc13)CC(C)(C)O2. The second kappa shape index (κ2) is 7.28. The molecule has 0 saturated carbocycles. The quantitative estimate of drug-likeness (QED) is 0.687. The number of aromatic nitrogens is 1. The van der Waals surface area contributed by atoms with Gasteiger partial charge in [-0.05, 0) is 38.1 Å². The highest BCUT2D eigenvalue weighted by Gasteiger charge is 2.40. The van der Waals surface area contributed by atoms with E-state index in [0.717, 1.165) is 0 Å². The highest BCUT2D eigenvalue weighted by molar-refractivity contribution is 7.90. The summed E-state index contributed by atoms with van der Waals surface area (Å²) in [5.41, 5.74) is 0.209. The van der Waals surface area contributed by atoms with E-state index in [1.54, 1.807) is 42.5 Å². The average molecular weight is 426 g/mol. The molecule has 0 radical (unpaired) electrons. The summed E-state index contributed by atoms with van der Waals surface area (Å²) in [6.45, 7) is 3.72. The highest BCUT2D eigenvalue weighted by atomic mass is 32.2. The van der Waals surface area contributed by atoms with Crippen molar-refractivity contribution in [1.82, 2.24) is 9.71 Å². The van der Waals surface area contributed by atoms with Gasteiger partial charge in [-0.1, -0.05) is 24.3 Å². The summed E-state index contributed by atoms with van der Waals surface area (Å²) >= 11 is 0. The lowest BCUT2D eigenvalue weighted by molar-refractivity contribution is -0.122. The molecular weight excluding hydrogens is 404 g/mol. The monoisotopic (exact) mass is 426 g/mol. The molecule has 1 aromatic heterocycles. The Morgan fingerprint density at radius 1 is 1.17 bits per heavy atom. The molecule has 0 saturated heterocycles. The van der Waals surface area contributed by atoms with Gasteiger partial charge in [-0.2, -0.15) is 0 Å². The lowest BCUT2D eigenvalue weighted by Crippen LogP contribution is -2.42. The lowest BCUT2D eigenvalue weighted by Gasteiger charge is -2.37. The van der Waals surface area contributed by atoms with Crippen molar-refractivity contribution in [1.29, 1.82) is 0 Å². The van der Waals surface area contributed by atoms with Gasteiger partial charge in [-0.25, -0.2) is 13.1 Å². The molecule has 1 aliphatic rings. The summed E-state index contributed by atoms with van der Waals surface area (Å²) in [4.78, 5) is 17.4. The van der Waals surface area contributed by atoms with Crippen molar-refractivity contribution in [3.05, 3.63) is 60.3 Å². The van der Waals surface area contributed by atoms with Crippen LogP contribution in [-0.4, -0.2) is 32.0 Å². The molecular formula is C22H22N2O5S. The third-order valence-corrected chi connectivity index (χ3v) is 6.49. The average Bonchev–Trinajstić information content (AvgIpc) is 2.71. The number of rotatable bonds is 4. The van der Waals surface area contributed by atoms with E-state index in [-0.39, 0.29) is 4.90 Å². The van der Waals surface area contributed by atoms with Crippen LogP contribution in [0.1, 0.15) is 31.7 Å². The van der Waals surface area contributed by atoms with E-state index in [1.165, 1.54) is 19.4 Å². The number of ether oxygens (including phenoxy) is 2. The van der Waals surface area contributed by atoms with E-state index in [9.17, 15) is 13.2 Å². The smallest absolute Gasteiger partial charge is 0.266 e. The number of hydrogen-bond acceptors (Lipinski definition) is 6. The molecule has 2 aromatic carbocycles. The maximum atomic E-state index is 13.2. The minimum Gasteiger partial charge on any atom is -0.496 e. The Kier molecular flexibility index (Phi) is 4.89. The molecule has 2 heterocycles. The Bertz CT molecular complexity index is 1230. The number of nitrogens with zero attached hydrogens (tertiary/aromatic N) is 1. The van der Waals surface area contributed by atoms with E-state index in [0.29, 0.717) is 34.4 Å². The number of hydrogen-bond donors (Lipinski definition) is 1. The van der Waals surface area contributed by atoms with Gasteiger partial charge in [0.1, 0.15) is 22.0 Å². The second-order valence-corrected chi connectivity index (χ2v) is 9.44. The summed E-state index contributed by atoms with van der Waals surface area (Å²) < 4.78 is 39.8. The number of fused-ring (bicyclic) bond motifs is 2. The molecule has 1 N–H and O–H groups in total. The molecule has 8 heteroatoms. The third kappa shape index (κ3) is 3.59. The van der Waals surface area contributed by atoms with Gasteiger partial charge >= 0.3 is 0 Å². The van der Waals surface area contributed by atoms with Crippen LogP contribution in [0.4, 0.5) is 0 Å². The van der Waals surface area contributed by atoms with Gasteiger partial charge in [-0.3, -0.25) is 9.78 Å². The number of benzene rings is 2. The maximum Gasteiger partial charge on any atom is 0.266 e. The first-order valence-corrected chi connectivity index (χ1v) is 11.0. The van der Waals surface area contributed by atoms with Crippen molar-refractivity contribution >= 4 is 26.8 Å². The number of carbonyl (C=O) groups excluding carboxylic acids is 1. The van der Waals surface area contributed by atoms with Crippen LogP contribution in [0.3, 0.4) is 0 Å². The standard InChI is InChI=1S/C22H22N2O5S/c1-22(2)13-15(19-16(28-3)9-5-10-17(19)29-22)21(25)24-30(26,27)18-11-4-7-14-8-6-12-23-20(14)18/h4-12,15H,13H2,1-3H3,(H,24,25)/t15-/m0/s1. The van der Waals surface area contributed by atoms with E-state index in [2.05, 4.69) is 9.71 Å². The van der Waals surface area contributed by atoms with Crippen molar-refractivity contribution in [3.8, 4) is 11.5 Å². The largest absolute Gasteiger partial charge is 0.496 e. The minimum atomic E-state index is -4.14. The number of amides is 1. The van der Waals surface area contributed by atoms with Crippen molar-refractivity contribution in [3.63, 3.8) is 0 Å². The number of pyridine rings is 1. The van der Waals surface area contributed by atoms with Gasteiger partial charge in [0.2, 0.25) is 5.91 Å². The molecule has 30 heavy (non-hydrogen) atoms. The summed E-state index contributed by atoms with van der Waals surface area (Å²) in [6, 6.07) is 13.6. The first kappa shape index (κ1) is 20.2. The predicted molar refractivity (Wildman–Crippen MR) is 112 cm³/mol. The minimum absolute atomic E-state index is 0.0412. The molecule has 0 bridgehead atoms. The van der Waals surface area contributed by atoms with Crippen LogP contribution in [0.2, 0.25) is 0 Å². The maximum absolute atomic E-state index is 13.2. The molecule has 4 rings (SSSR count). The van der Waals surface area contributed by atoms with E-state index < -0.39 is 27.4 Å². The van der Waals surface area contributed by atoms with Crippen molar-refractivity contribution in [2.24, 2.45) is 0 Å². The van der Waals surface area contributed by atoms with Gasteiger partial charge in [0, 0.05) is 23.6 Å².